The van der Waals surface area contributed by atoms with Gasteiger partial charge in [0.2, 0.25) is 0 Å². The predicted octanol–water partition coefficient (Wildman–Crippen LogP) is 3.38. The summed E-state index contributed by atoms with van der Waals surface area (Å²) in [5, 5.41) is 0. The summed E-state index contributed by atoms with van der Waals surface area (Å²) < 4.78 is 16.6. The fourth-order valence-corrected chi connectivity index (χ4v) is 1.80. The van der Waals surface area contributed by atoms with Gasteiger partial charge in [0, 0.05) is 7.11 Å². The van der Waals surface area contributed by atoms with Crippen molar-refractivity contribution >= 4 is 5.78 Å². The first-order chi connectivity index (χ1) is 9.56. The van der Waals surface area contributed by atoms with E-state index in [0.29, 0.717) is 24.7 Å². The summed E-state index contributed by atoms with van der Waals surface area (Å²) in [6.07, 6.45) is 7.33. The van der Waals surface area contributed by atoms with Crippen molar-refractivity contribution in [3.63, 3.8) is 0 Å². The molecule has 0 atom stereocenters. The molecule has 4 nitrogen and oxygen atoms in total. The molecule has 0 fully saturated rings. The van der Waals surface area contributed by atoms with E-state index in [9.17, 15) is 4.79 Å². The number of Topliss-reactive ketones (excluding diaryl/α,β-unsaturated/α-hetero) is 1. The molecule has 0 aliphatic heterocycles. The maximum atomic E-state index is 12.3. The topological polar surface area (TPSA) is 44.8 Å². The molecule has 1 aliphatic carbocycles. The number of unbranched alkanes of at least 4 members (excludes halogenated alkanes) is 2. The molecule has 114 valence electrons. The fraction of sp³-hybridized carbons (Fsp3) is 0.688. The van der Waals surface area contributed by atoms with Crippen LogP contribution in [0.5, 0.6) is 0 Å². The van der Waals surface area contributed by atoms with Crippen LogP contribution in [0.4, 0.5) is 0 Å². The van der Waals surface area contributed by atoms with E-state index in [-0.39, 0.29) is 5.78 Å². The summed E-state index contributed by atoms with van der Waals surface area (Å²) in [5.41, 5.74) is -0.656. The average Bonchev–Trinajstić information content (AvgIpc) is 2.44. The largest absolute Gasteiger partial charge is 0.490 e. The van der Waals surface area contributed by atoms with Gasteiger partial charge in [0.25, 0.3) is 5.78 Å². The van der Waals surface area contributed by atoms with Gasteiger partial charge in [0.15, 0.2) is 11.5 Å². The molecule has 0 aromatic carbocycles. The number of carbonyl (C=O) groups excluding carboxylic acids is 1. The number of hydrogen-bond acceptors (Lipinski definition) is 4. The average molecular weight is 282 g/mol. The van der Waals surface area contributed by atoms with Crippen LogP contribution in [0.25, 0.3) is 0 Å². The molecule has 0 spiro atoms. The quantitative estimate of drug-likeness (QED) is 0.608. The van der Waals surface area contributed by atoms with Crippen molar-refractivity contribution in [3.05, 3.63) is 23.7 Å². The highest BCUT2D eigenvalue weighted by atomic mass is 16.5. The number of carbonyl (C=O) groups is 1. The molecule has 0 N–H and O–H groups in total. The number of ketones is 1. The molecule has 0 saturated heterocycles. The van der Waals surface area contributed by atoms with E-state index in [0.717, 1.165) is 25.7 Å². The van der Waals surface area contributed by atoms with Gasteiger partial charge in [0.05, 0.1) is 13.2 Å². The van der Waals surface area contributed by atoms with Crippen LogP contribution in [0.2, 0.25) is 0 Å². The lowest BCUT2D eigenvalue weighted by atomic mass is 9.97. The molecular weight excluding hydrogens is 256 g/mol. The van der Waals surface area contributed by atoms with Crippen LogP contribution in [0, 0.1) is 0 Å². The summed E-state index contributed by atoms with van der Waals surface area (Å²) in [5.74, 6) is 0.473. The predicted molar refractivity (Wildman–Crippen MR) is 78.3 cm³/mol. The summed E-state index contributed by atoms with van der Waals surface area (Å²) in [6.45, 7) is 7.12. The van der Waals surface area contributed by atoms with Crippen LogP contribution in [0.1, 0.15) is 46.5 Å². The standard InChI is InChI=1S/C16H26O4/c1-5-7-9-19-13-11-16(3,18-4)12-14(15(13)17)20-10-8-6-2/h11-12H,5-10H2,1-4H3. The first-order valence-corrected chi connectivity index (χ1v) is 7.37. The van der Waals surface area contributed by atoms with Gasteiger partial charge in [-0.05, 0) is 31.9 Å². The van der Waals surface area contributed by atoms with Crippen molar-refractivity contribution < 1.29 is 19.0 Å². The SMILES string of the molecule is CCCCOC1=CC(C)(OC)C=C(OCCCC)C1=O. The van der Waals surface area contributed by atoms with E-state index in [1.165, 1.54) is 0 Å². The highest BCUT2D eigenvalue weighted by molar-refractivity contribution is 6.06. The molecular formula is C16H26O4. The van der Waals surface area contributed by atoms with Gasteiger partial charge in [-0.2, -0.15) is 0 Å². The molecule has 1 aliphatic rings. The molecule has 0 heterocycles. The zero-order valence-corrected chi connectivity index (χ0v) is 13.0. The van der Waals surface area contributed by atoms with Gasteiger partial charge in [0.1, 0.15) is 5.60 Å². The minimum absolute atomic E-state index is 0.188. The van der Waals surface area contributed by atoms with Crippen LogP contribution in [0.15, 0.2) is 23.7 Å². The number of rotatable bonds is 9. The van der Waals surface area contributed by atoms with Crippen molar-refractivity contribution in [2.45, 2.75) is 52.1 Å². The van der Waals surface area contributed by atoms with Gasteiger partial charge < -0.3 is 14.2 Å². The van der Waals surface area contributed by atoms with Gasteiger partial charge in [-0.25, -0.2) is 0 Å². The third kappa shape index (κ3) is 4.67. The van der Waals surface area contributed by atoms with Crippen LogP contribution in [-0.4, -0.2) is 31.7 Å². The second kappa shape index (κ2) is 8.10. The van der Waals surface area contributed by atoms with Crippen LogP contribution < -0.4 is 0 Å². The van der Waals surface area contributed by atoms with Gasteiger partial charge in [-0.3, -0.25) is 4.79 Å². The molecule has 1 rings (SSSR count). The summed E-state index contributed by atoms with van der Waals surface area (Å²) >= 11 is 0. The summed E-state index contributed by atoms with van der Waals surface area (Å²) in [6, 6.07) is 0. The molecule has 0 amide bonds. The highest BCUT2D eigenvalue weighted by Gasteiger charge is 2.32. The van der Waals surface area contributed by atoms with E-state index in [2.05, 4.69) is 13.8 Å². The van der Waals surface area contributed by atoms with E-state index in [4.69, 9.17) is 14.2 Å². The first-order valence-electron chi connectivity index (χ1n) is 7.37. The lowest BCUT2D eigenvalue weighted by Gasteiger charge is -2.27. The lowest BCUT2D eigenvalue weighted by Crippen LogP contribution is -2.31. The van der Waals surface area contributed by atoms with Gasteiger partial charge in [-0.1, -0.05) is 26.7 Å². The molecule has 0 unspecified atom stereocenters. The fourth-order valence-electron chi connectivity index (χ4n) is 1.80. The third-order valence-electron chi connectivity index (χ3n) is 3.23. The Kier molecular flexibility index (Phi) is 6.79. The van der Waals surface area contributed by atoms with E-state index >= 15 is 0 Å². The minimum Gasteiger partial charge on any atom is -0.490 e. The number of hydrogen-bond donors (Lipinski definition) is 0. The molecule has 0 bridgehead atoms. The zero-order chi connectivity index (χ0) is 15.0. The smallest absolute Gasteiger partial charge is 0.261 e. The van der Waals surface area contributed by atoms with Crippen LogP contribution in [0.3, 0.4) is 0 Å². The van der Waals surface area contributed by atoms with Crippen molar-refractivity contribution in [1.82, 2.24) is 0 Å². The van der Waals surface area contributed by atoms with Crippen molar-refractivity contribution in [2.75, 3.05) is 20.3 Å². The van der Waals surface area contributed by atoms with E-state index in [1.807, 2.05) is 6.92 Å². The Labute approximate surface area is 121 Å². The van der Waals surface area contributed by atoms with Crippen LogP contribution >= 0.6 is 0 Å². The second-order valence-electron chi connectivity index (χ2n) is 5.14. The summed E-state index contributed by atoms with van der Waals surface area (Å²) in [7, 11) is 1.61. The highest BCUT2D eigenvalue weighted by Crippen LogP contribution is 2.27. The summed E-state index contributed by atoms with van der Waals surface area (Å²) in [4.78, 5) is 12.3. The lowest BCUT2D eigenvalue weighted by molar-refractivity contribution is -0.119. The maximum Gasteiger partial charge on any atom is 0.261 e. The molecule has 20 heavy (non-hydrogen) atoms. The van der Waals surface area contributed by atoms with Crippen molar-refractivity contribution in [3.8, 4) is 0 Å². The monoisotopic (exact) mass is 282 g/mol. The molecule has 0 saturated carbocycles. The van der Waals surface area contributed by atoms with Gasteiger partial charge in [-0.15, -0.1) is 0 Å². The van der Waals surface area contributed by atoms with Gasteiger partial charge >= 0.3 is 0 Å². The second-order valence-corrected chi connectivity index (χ2v) is 5.14. The Hall–Kier alpha value is -1.29. The Morgan fingerprint density at radius 1 is 1.00 bits per heavy atom. The Morgan fingerprint density at radius 2 is 1.45 bits per heavy atom. The van der Waals surface area contributed by atoms with Crippen molar-refractivity contribution in [1.29, 1.82) is 0 Å². The zero-order valence-electron chi connectivity index (χ0n) is 13.0. The van der Waals surface area contributed by atoms with E-state index < -0.39 is 5.60 Å². The van der Waals surface area contributed by atoms with Crippen LogP contribution in [-0.2, 0) is 19.0 Å². The maximum absolute atomic E-state index is 12.3. The Bertz CT molecular complexity index is 352. The molecule has 0 aromatic heterocycles. The van der Waals surface area contributed by atoms with E-state index in [1.54, 1.807) is 19.3 Å². The first kappa shape index (κ1) is 16.8. The molecule has 4 heteroatoms. The molecule has 0 radical (unpaired) electrons. The van der Waals surface area contributed by atoms with Crippen molar-refractivity contribution in [2.24, 2.45) is 0 Å². The normalized spacial score (nSPS) is 17.5. The third-order valence-corrected chi connectivity index (χ3v) is 3.23. The number of ether oxygens (including phenoxy) is 3. The Balaban J connectivity index is 2.77. The molecule has 0 aromatic rings. The number of methoxy groups -OCH3 is 1. The minimum atomic E-state index is -0.656. The Morgan fingerprint density at radius 3 is 1.80 bits per heavy atom.